The lowest BCUT2D eigenvalue weighted by Gasteiger charge is -2.39. The van der Waals surface area contributed by atoms with Gasteiger partial charge in [-0.05, 0) is 67.6 Å². The first-order chi connectivity index (χ1) is 13.9. The maximum Gasteiger partial charge on any atom is 0.253 e. The second kappa shape index (κ2) is 7.38. The van der Waals surface area contributed by atoms with Gasteiger partial charge >= 0.3 is 0 Å². The number of nitrogens with zero attached hydrogens (tertiary/aromatic N) is 2. The van der Waals surface area contributed by atoms with Crippen LogP contribution in [0, 0.1) is 18.3 Å². The molecule has 1 N–H and O–H groups in total. The summed E-state index contributed by atoms with van der Waals surface area (Å²) in [5.74, 6) is 0.0441. The number of benzene rings is 2. The van der Waals surface area contributed by atoms with Gasteiger partial charge in [-0.1, -0.05) is 18.7 Å². The average Bonchev–Trinajstić information content (AvgIpc) is 3.07. The van der Waals surface area contributed by atoms with E-state index in [-0.39, 0.29) is 11.5 Å². The van der Waals surface area contributed by atoms with Crippen LogP contribution in [0.3, 0.4) is 0 Å². The van der Waals surface area contributed by atoms with Crippen LogP contribution in [-0.2, 0) is 16.9 Å². The number of anilines is 1. The van der Waals surface area contributed by atoms with Crippen LogP contribution in [0.15, 0.2) is 48.7 Å². The molecule has 0 radical (unpaired) electrons. The van der Waals surface area contributed by atoms with Gasteiger partial charge in [0.2, 0.25) is 0 Å². The van der Waals surface area contributed by atoms with E-state index < -0.39 is 0 Å². The van der Waals surface area contributed by atoms with Gasteiger partial charge in [-0.25, -0.2) is 0 Å². The van der Waals surface area contributed by atoms with E-state index in [1.807, 2.05) is 55.1 Å². The van der Waals surface area contributed by atoms with Crippen molar-refractivity contribution in [3.8, 4) is 6.07 Å². The van der Waals surface area contributed by atoms with E-state index in [1.54, 1.807) is 0 Å². The molecule has 0 unspecified atom stereocenters. The lowest BCUT2D eigenvalue weighted by molar-refractivity contribution is -0.0741. The molecular weight excluding hydrogens is 362 g/mol. The van der Waals surface area contributed by atoms with Gasteiger partial charge in [0.05, 0.1) is 23.8 Å². The highest BCUT2D eigenvalue weighted by atomic mass is 16.5. The summed E-state index contributed by atoms with van der Waals surface area (Å²) < 4.78 is 6.20. The van der Waals surface area contributed by atoms with Crippen molar-refractivity contribution in [2.24, 2.45) is 0 Å². The second-order valence-corrected chi connectivity index (χ2v) is 7.99. The first kappa shape index (κ1) is 19.2. The van der Waals surface area contributed by atoms with Crippen molar-refractivity contribution < 1.29 is 9.53 Å². The van der Waals surface area contributed by atoms with Crippen molar-refractivity contribution in [1.82, 2.24) is 4.90 Å². The number of nitriles is 1. The Bertz CT molecular complexity index is 1030. The third kappa shape index (κ3) is 3.52. The molecule has 2 heterocycles. The van der Waals surface area contributed by atoms with Gasteiger partial charge in [0.1, 0.15) is 0 Å². The van der Waals surface area contributed by atoms with Crippen molar-refractivity contribution in [1.29, 1.82) is 5.26 Å². The number of carbonyl (C=O) groups is 1. The average molecular weight is 387 g/mol. The lowest BCUT2D eigenvalue weighted by Crippen LogP contribution is -2.45. The first-order valence-electron chi connectivity index (χ1n) is 9.92. The Morgan fingerprint density at radius 3 is 2.69 bits per heavy atom. The van der Waals surface area contributed by atoms with Crippen LogP contribution in [0.5, 0.6) is 0 Å². The van der Waals surface area contributed by atoms with Crippen molar-refractivity contribution in [3.63, 3.8) is 0 Å². The number of rotatable bonds is 3. The lowest BCUT2D eigenvalue weighted by atomic mass is 9.83. The number of aryl methyl sites for hydroxylation is 1. The van der Waals surface area contributed by atoms with Crippen molar-refractivity contribution in [2.45, 2.75) is 38.9 Å². The summed E-state index contributed by atoms with van der Waals surface area (Å²) in [4.78, 5) is 15.0. The minimum absolute atomic E-state index is 0.0441. The normalized spacial score (nSPS) is 16.9. The van der Waals surface area contributed by atoms with Gasteiger partial charge in [-0.3, -0.25) is 4.79 Å². The Kier molecular flexibility index (Phi) is 4.89. The third-order valence-corrected chi connectivity index (χ3v) is 5.92. The molecule has 2 aliphatic heterocycles. The molecule has 148 valence electrons. The minimum Gasteiger partial charge on any atom is -0.365 e. The molecule has 1 amide bonds. The molecule has 0 aromatic heterocycles. The molecular formula is C24H25N3O2. The third-order valence-electron chi connectivity index (χ3n) is 5.92. The number of hydrogen-bond acceptors (Lipinski definition) is 4. The molecule has 1 spiro atoms. The number of nitrogens with one attached hydrogen (secondary N) is 1. The first-order valence-corrected chi connectivity index (χ1v) is 9.92. The molecule has 29 heavy (non-hydrogen) atoms. The largest absolute Gasteiger partial charge is 0.365 e. The molecule has 5 nitrogen and oxygen atoms in total. The molecule has 1 fully saturated rings. The number of likely N-dealkylation sites (tertiary alicyclic amines) is 1. The Balaban J connectivity index is 1.49. The summed E-state index contributed by atoms with van der Waals surface area (Å²) in [6.07, 6.45) is 1.53. The number of allylic oxidation sites excluding steroid dienone is 1. The highest BCUT2D eigenvalue weighted by Gasteiger charge is 2.43. The Morgan fingerprint density at radius 1 is 1.24 bits per heavy atom. The number of ether oxygens (including phenoxy) is 1. The van der Waals surface area contributed by atoms with Crippen LogP contribution in [0.1, 0.15) is 52.4 Å². The summed E-state index contributed by atoms with van der Waals surface area (Å²) in [5, 5.41) is 12.3. The molecule has 4 rings (SSSR count). The van der Waals surface area contributed by atoms with E-state index in [9.17, 15) is 4.79 Å². The fraction of sp³-hybridized carbons (Fsp3) is 0.333. The smallest absolute Gasteiger partial charge is 0.253 e. The quantitative estimate of drug-likeness (QED) is 0.844. The maximum atomic E-state index is 13.1. The van der Waals surface area contributed by atoms with Crippen LogP contribution in [0.2, 0.25) is 0 Å². The number of piperidine rings is 1. The standard InChI is InChI=1S/C24H25N3O2/c1-16(2)26-22-13-19(6-4-17(22)3)23(28)27-10-8-24(9-11-27)21-7-5-18(14-25)12-20(21)15-29-24/h4-7,12-13,26H,1,8-11,15H2,2-3H3. The van der Waals surface area contributed by atoms with Crippen molar-refractivity contribution in [2.75, 3.05) is 18.4 Å². The number of fused-ring (bicyclic) bond motifs is 2. The number of carbonyl (C=O) groups excluding carboxylic acids is 1. The SMILES string of the molecule is C=C(C)Nc1cc(C(=O)N2CCC3(CC2)OCc2cc(C#N)ccc23)ccc1C. The molecule has 0 atom stereocenters. The zero-order chi connectivity index (χ0) is 20.6. The van der Waals surface area contributed by atoms with E-state index in [0.29, 0.717) is 30.8 Å². The fourth-order valence-corrected chi connectivity index (χ4v) is 4.31. The number of hydrogen-bond donors (Lipinski definition) is 1. The van der Waals surface area contributed by atoms with E-state index in [0.717, 1.165) is 35.4 Å². The highest BCUT2D eigenvalue weighted by Crippen LogP contribution is 2.44. The predicted octanol–water partition coefficient (Wildman–Crippen LogP) is 4.47. The molecule has 2 aliphatic rings. The minimum atomic E-state index is -0.333. The van der Waals surface area contributed by atoms with Gasteiger partial charge in [0.15, 0.2) is 0 Å². The zero-order valence-corrected chi connectivity index (χ0v) is 16.9. The molecule has 0 aliphatic carbocycles. The molecule has 1 saturated heterocycles. The second-order valence-electron chi connectivity index (χ2n) is 7.99. The molecule has 0 saturated carbocycles. The summed E-state index contributed by atoms with van der Waals surface area (Å²) in [6, 6.07) is 13.7. The van der Waals surface area contributed by atoms with E-state index in [4.69, 9.17) is 10.00 Å². The van der Waals surface area contributed by atoms with Crippen LogP contribution in [0.4, 0.5) is 5.69 Å². The van der Waals surface area contributed by atoms with Crippen molar-refractivity contribution in [3.05, 3.63) is 76.5 Å². The summed E-state index contributed by atoms with van der Waals surface area (Å²) in [7, 11) is 0. The fourth-order valence-electron chi connectivity index (χ4n) is 4.31. The summed E-state index contributed by atoms with van der Waals surface area (Å²) in [6.45, 7) is 9.63. The van der Waals surface area contributed by atoms with Gasteiger partial charge in [-0.15, -0.1) is 0 Å². The Morgan fingerprint density at radius 2 is 2.00 bits per heavy atom. The highest BCUT2D eigenvalue weighted by molar-refractivity contribution is 5.95. The van der Waals surface area contributed by atoms with E-state index in [1.165, 1.54) is 5.56 Å². The Labute approximate surface area is 171 Å². The Hall–Kier alpha value is -3.10. The van der Waals surface area contributed by atoms with Crippen LogP contribution < -0.4 is 5.32 Å². The van der Waals surface area contributed by atoms with E-state index in [2.05, 4.69) is 18.0 Å². The number of amides is 1. The van der Waals surface area contributed by atoms with Crippen LogP contribution in [-0.4, -0.2) is 23.9 Å². The predicted molar refractivity (Wildman–Crippen MR) is 112 cm³/mol. The molecule has 0 bridgehead atoms. The van der Waals surface area contributed by atoms with Crippen LogP contribution in [0.25, 0.3) is 0 Å². The molecule has 2 aromatic carbocycles. The summed E-state index contributed by atoms with van der Waals surface area (Å²) in [5.41, 5.74) is 6.12. The topological polar surface area (TPSA) is 65.4 Å². The van der Waals surface area contributed by atoms with Gasteiger partial charge in [0.25, 0.3) is 5.91 Å². The van der Waals surface area contributed by atoms with E-state index >= 15 is 0 Å². The monoisotopic (exact) mass is 387 g/mol. The summed E-state index contributed by atoms with van der Waals surface area (Å²) >= 11 is 0. The molecule has 5 heteroatoms. The molecule has 2 aromatic rings. The zero-order valence-electron chi connectivity index (χ0n) is 16.9. The van der Waals surface area contributed by atoms with Gasteiger partial charge in [-0.2, -0.15) is 5.26 Å². The maximum absolute atomic E-state index is 13.1. The van der Waals surface area contributed by atoms with Crippen LogP contribution >= 0.6 is 0 Å². The van der Waals surface area contributed by atoms with Gasteiger partial charge in [0, 0.05) is 30.0 Å². The van der Waals surface area contributed by atoms with Gasteiger partial charge < -0.3 is 15.0 Å². The van der Waals surface area contributed by atoms with Crippen molar-refractivity contribution >= 4 is 11.6 Å².